The largest absolute Gasteiger partial charge is 0.457 e. The summed E-state index contributed by atoms with van der Waals surface area (Å²) in [5.74, 6) is 3.61. The van der Waals surface area contributed by atoms with Crippen LogP contribution in [0.25, 0.3) is 55.0 Å². The molecule has 0 bridgehead atoms. The summed E-state index contributed by atoms with van der Waals surface area (Å²) in [6.45, 7) is 0. The van der Waals surface area contributed by atoms with Crippen molar-refractivity contribution in [3.8, 4) is 34.4 Å². The van der Waals surface area contributed by atoms with Gasteiger partial charge in [0.1, 0.15) is 23.0 Å². The van der Waals surface area contributed by atoms with E-state index in [2.05, 4.69) is 252 Å². The molecule has 2 aliphatic rings. The van der Waals surface area contributed by atoms with Crippen molar-refractivity contribution < 1.29 is 9.47 Å². The summed E-state index contributed by atoms with van der Waals surface area (Å²) in [5, 5.41) is 5.00. The maximum absolute atomic E-state index is 6.54. The van der Waals surface area contributed by atoms with Crippen LogP contribution in [0.15, 0.2) is 243 Å². The van der Waals surface area contributed by atoms with E-state index in [1.165, 1.54) is 65.9 Å². The molecule has 0 radical (unpaired) electrons. The molecular formula is C61H42N2O2. The van der Waals surface area contributed by atoms with Crippen molar-refractivity contribution in [1.29, 1.82) is 0 Å². The third-order valence-corrected chi connectivity index (χ3v) is 13.8. The van der Waals surface area contributed by atoms with Crippen LogP contribution in [0.4, 0.5) is 0 Å². The van der Waals surface area contributed by atoms with Gasteiger partial charge in [-0.05, 0) is 119 Å². The van der Waals surface area contributed by atoms with Gasteiger partial charge in [0.2, 0.25) is 0 Å². The van der Waals surface area contributed by atoms with Gasteiger partial charge in [0.25, 0.3) is 0 Å². The maximum Gasteiger partial charge on any atom is 0.127 e. The molecule has 0 saturated heterocycles. The molecule has 4 heteroatoms. The van der Waals surface area contributed by atoms with Crippen molar-refractivity contribution in [3.05, 3.63) is 265 Å². The van der Waals surface area contributed by atoms with Crippen molar-refractivity contribution in [2.75, 3.05) is 0 Å². The van der Waals surface area contributed by atoms with Gasteiger partial charge in [-0.3, -0.25) is 0 Å². The highest BCUT2D eigenvalue weighted by molar-refractivity contribution is 6.10. The monoisotopic (exact) mass is 834 g/mol. The summed E-state index contributed by atoms with van der Waals surface area (Å²) in [7, 11) is 0. The topological polar surface area (TPSA) is 28.3 Å². The number of aromatic nitrogens is 2. The van der Waals surface area contributed by atoms with Gasteiger partial charge < -0.3 is 18.6 Å². The lowest BCUT2D eigenvalue weighted by Crippen LogP contribution is -2.35. The second-order valence-electron chi connectivity index (χ2n) is 17.2. The number of para-hydroxylation sites is 4. The highest BCUT2D eigenvalue weighted by Crippen LogP contribution is 2.59. The third-order valence-electron chi connectivity index (χ3n) is 13.8. The first-order valence-electron chi connectivity index (χ1n) is 22.4. The lowest BCUT2D eigenvalue weighted by Gasteiger charge is -2.39. The van der Waals surface area contributed by atoms with Gasteiger partial charge in [-0.1, -0.05) is 146 Å². The van der Waals surface area contributed by atoms with Gasteiger partial charge in [0.15, 0.2) is 0 Å². The first-order valence-corrected chi connectivity index (χ1v) is 22.4. The van der Waals surface area contributed by atoms with E-state index >= 15 is 0 Å². The first-order chi connectivity index (χ1) is 32.2. The molecule has 2 atom stereocenters. The number of hydrogen-bond donors (Lipinski definition) is 0. The molecule has 0 aliphatic heterocycles. The number of ether oxygens (including phenoxy) is 2. The zero-order valence-corrected chi connectivity index (χ0v) is 35.5. The highest BCUT2D eigenvalue weighted by Gasteiger charge is 2.52. The fourth-order valence-electron chi connectivity index (χ4n) is 11.1. The van der Waals surface area contributed by atoms with Crippen LogP contribution in [0.3, 0.4) is 0 Å². The number of hydrogen-bond acceptors (Lipinski definition) is 2. The zero-order chi connectivity index (χ0) is 42.9. The van der Waals surface area contributed by atoms with Gasteiger partial charge >= 0.3 is 0 Å². The molecule has 13 rings (SSSR count). The Labute approximate surface area is 377 Å². The zero-order valence-electron chi connectivity index (χ0n) is 35.5. The van der Waals surface area contributed by atoms with Crippen LogP contribution in [0.2, 0.25) is 0 Å². The summed E-state index contributed by atoms with van der Waals surface area (Å²) in [4.78, 5) is 0. The van der Waals surface area contributed by atoms with Crippen LogP contribution < -0.4 is 9.47 Å². The average Bonchev–Trinajstić information content (AvgIpc) is 4.00. The maximum atomic E-state index is 6.54. The molecule has 308 valence electrons. The minimum atomic E-state index is -0.437. The SMILES string of the molecule is C1=CC2c3ccccc3C(c3ccc(Oc4ccc(-n5c6ccccc6c6ccccc65)cc4)cc3)(c3ccc(Oc4ccc(-n5c6ccccc6c6ccccc65)cc4)cc3)C2C=C1. The molecule has 4 nitrogen and oxygen atoms in total. The summed E-state index contributed by atoms with van der Waals surface area (Å²) >= 11 is 0. The van der Waals surface area contributed by atoms with Crippen molar-refractivity contribution in [2.45, 2.75) is 11.3 Å². The second-order valence-corrected chi connectivity index (χ2v) is 17.2. The minimum absolute atomic E-state index is 0.185. The van der Waals surface area contributed by atoms with Crippen molar-refractivity contribution in [2.24, 2.45) is 5.92 Å². The molecule has 65 heavy (non-hydrogen) atoms. The van der Waals surface area contributed by atoms with E-state index in [4.69, 9.17) is 9.47 Å². The van der Waals surface area contributed by atoms with Crippen LogP contribution in [0.5, 0.6) is 23.0 Å². The molecule has 2 aromatic heterocycles. The Morgan fingerprint density at radius 1 is 0.338 bits per heavy atom. The number of benzene rings is 9. The Kier molecular flexibility index (Phi) is 8.53. The number of rotatable bonds is 8. The second kappa shape index (κ2) is 14.9. The first kappa shape index (κ1) is 37.2. The average molecular weight is 835 g/mol. The van der Waals surface area contributed by atoms with E-state index < -0.39 is 5.41 Å². The fraction of sp³-hybridized carbons (Fsp3) is 0.0492. The quantitative estimate of drug-likeness (QED) is 0.153. The summed E-state index contributed by atoms with van der Waals surface area (Å²) in [6.07, 6.45) is 9.17. The van der Waals surface area contributed by atoms with Crippen LogP contribution in [-0.2, 0) is 5.41 Å². The molecule has 0 saturated carbocycles. The molecule has 9 aromatic carbocycles. The van der Waals surface area contributed by atoms with Crippen LogP contribution in [0, 0.1) is 5.92 Å². The van der Waals surface area contributed by atoms with Crippen LogP contribution >= 0.6 is 0 Å². The molecule has 0 fully saturated rings. The predicted octanol–water partition coefficient (Wildman–Crippen LogP) is 15.6. The van der Waals surface area contributed by atoms with Crippen molar-refractivity contribution in [3.63, 3.8) is 0 Å². The Hall–Kier alpha value is -8.34. The molecule has 2 heterocycles. The fourth-order valence-corrected chi connectivity index (χ4v) is 11.1. The van der Waals surface area contributed by atoms with Gasteiger partial charge in [-0.25, -0.2) is 0 Å². The molecule has 11 aromatic rings. The van der Waals surface area contributed by atoms with Gasteiger partial charge in [-0.15, -0.1) is 0 Å². The van der Waals surface area contributed by atoms with E-state index in [-0.39, 0.29) is 11.8 Å². The van der Waals surface area contributed by atoms with E-state index in [0.29, 0.717) is 0 Å². The summed E-state index contributed by atoms with van der Waals surface area (Å²) in [5.41, 5.74) is 11.7. The Morgan fingerprint density at radius 2 is 0.692 bits per heavy atom. The molecular weight excluding hydrogens is 793 g/mol. The Morgan fingerprint density at radius 3 is 1.12 bits per heavy atom. The lowest BCUT2D eigenvalue weighted by molar-refractivity contribution is 0.451. The van der Waals surface area contributed by atoms with Gasteiger partial charge in [-0.2, -0.15) is 0 Å². The number of fused-ring (bicyclic) bond motifs is 9. The normalized spacial score (nSPS) is 16.0. The molecule has 0 N–H and O–H groups in total. The number of allylic oxidation sites excluding steroid dienone is 4. The third kappa shape index (κ3) is 5.84. The summed E-state index contributed by atoms with van der Waals surface area (Å²) in [6, 6.07) is 77.7. The molecule has 2 unspecified atom stereocenters. The predicted molar refractivity (Wildman–Crippen MR) is 265 cm³/mol. The smallest absolute Gasteiger partial charge is 0.127 e. The Bertz CT molecular complexity index is 3340. The molecule has 0 amide bonds. The Balaban J connectivity index is 0.809. The van der Waals surface area contributed by atoms with Gasteiger partial charge in [0, 0.05) is 44.8 Å². The van der Waals surface area contributed by atoms with E-state index in [9.17, 15) is 0 Å². The van der Waals surface area contributed by atoms with E-state index in [1.54, 1.807) is 0 Å². The molecule has 0 spiro atoms. The number of nitrogens with zero attached hydrogens (tertiary/aromatic N) is 2. The molecule has 2 aliphatic carbocycles. The van der Waals surface area contributed by atoms with Gasteiger partial charge in [0.05, 0.1) is 27.5 Å². The summed E-state index contributed by atoms with van der Waals surface area (Å²) < 4.78 is 17.7. The van der Waals surface area contributed by atoms with Crippen molar-refractivity contribution in [1.82, 2.24) is 9.13 Å². The van der Waals surface area contributed by atoms with Crippen LogP contribution in [0.1, 0.15) is 28.2 Å². The van der Waals surface area contributed by atoms with E-state index in [1.807, 2.05) is 0 Å². The van der Waals surface area contributed by atoms with Crippen LogP contribution in [-0.4, -0.2) is 9.13 Å². The highest BCUT2D eigenvalue weighted by atomic mass is 16.5. The van der Waals surface area contributed by atoms with E-state index in [0.717, 1.165) is 34.4 Å². The minimum Gasteiger partial charge on any atom is -0.457 e. The van der Waals surface area contributed by atoms with Crippen molar-refractivity contribution >= 4 is 43.6 Å². The lowest BCUT2D eigenvalue weighted by atomic mass is 9.63. The standard InChI is InChI=1S/C61H42N2O2/c1-7-19-55-49(13-1)50-14-2-8-20-56(50)61(55,41-25-33-45(34-26-41)64-47-37-29-43(30-38-47)62-57-21-9-3-15-51(57)52-16-4-10-22-58(52)62)42-27-35-46(36-28-42)65-48-39-31-44(32-40-48)63-59-23-11-5-17-53(59)54-18-6-12-24-60(54)63/h1-40,49,55H.